The Labute approximate surface area is 133 Å². The molecule has 6 nitrogen and oxygen atoms in total. The molecule has 1 aromatic carbocycles. The molecular formula is C13H15BrN4O2S. The Kier molecular flexibility index (Phi) is 4.37. The van der Waals surface area contributed by atoms with Gasteiger partial charge in [-0.1, -0.05) is 0 Å². The number of nitrogens with one attached hydrogen (secondary N) is 4. The summed E-state index contributed by atoms with van der Waals surface area (Å²) in [4.78, 5) is 28.7. The van der Waals surface area contributed by atoms with E-state index in [2.05, 4.69) is 36.5 Å². The first kappa shape index (κ1) is 14.7. The summed E-state index contributed by atoms with van der Waals surface area (Å²) in [7, 11) is 0. The van der Waals surface area contributed by atoms with Crippen molar-refractivity contribution in [1.82, 2.24) is 15.3 Å². The van der Waals surface area contributed by atoms with Crippen LogP contribution in [0.15, 0.2) is 21.4 Å². The van der Waals surface area contributed by atoms with Crippen molar-refractivity contribution in [2.24, 2.45) is 0 Å². The van der Waals surface area contributed by atoms with E-state index < -0.39 is 0 Å². The molecule has 0 radical (unpaired) electrons. The van der Waals surface area contributed by atoms with E-state index in [1.807, 2.05) is 11.8 Å². The lowest BCUT2D eigenvalue weighted by atomic mass is 10.2. The second-order valence-corrected chi connectivity index (χ2v) is 6.94. The highest BCUT2D eigenvalue weighted by Gasteiger charge is 2.17. The van der Waals surface area contributed by atoms with E-state index in [0.717, 1.165) is 22.5 Å². The highest BCUT2D eigenvalue weighted by Crippen LogP contribution is 2.26. The van der Waals surface area contributed by atoms with Crippen LogP contribution in [0, 0.1) is 0 Å². The number of imidazole rings is 1. The number of fused-ring (bicyclic) bond motifs is 1. The molecule has 8 heteroatoms. The van der Waals surface area contributed by atoms with Crippen molar-refractivity contribution < 1.29 is 4.79 Å². The summed E-state index contributed by atoms with van der Waals surface area (Å²) in [6, 6.07) is 3.74. The summed E-state index contributed by atoms with van der Waals surface area (Å²) in [5.74, 6) is 2.02. The zero-order chi connectivity index (χ0) is 14.8. The van der Waals surface area contributed by atoms with Crippen LogP contribution in [0.4, 0.5) is 5.69 Å². The lowest BCUT2D eigenvalue weighted by Gasteiger charge is -2.22. The number of amides is 1. The number of aromatic amines is 2. The molecule has 4 N–H and O–H groups in total. The molecular weight excluding hydrogens is 356 g/mol. The van der Waals surface area contributed by atoms with Crippen LogP contribution in [-0.4, -0.2) is 40.0 Å². The molecule has 112 valence electrons. The summed E-state index contributed by atoms with van der Waals surface area (Å²) >= 11 is 5.27. The van der Waals surface area contributed by atoms with Crippen molar-refractivity contribution >= 4 is 50.3 Å². The second-order valence-electron chi connectivity index (χ2n) is 4.94. The normalized spacial score (nSPS) is 18.8. The second kappa shape index (κ2) is 6.25. The van der Waals surface area contributed by atoms with Gasteiger partial charge >= 0.3 is 5.69 Å². The van der Waals surface area contributed by atoms with Crippen molar-refractivity contribution in [2.45, 2.75) is 12.5 Å². The van der Waals surface area contributed by atoms with Crippen LogP contribution in [-0.2, 0) is 4.79 Å². The Morgan fingerprint density at radius 1 is 1.38 bits per heavy atom. The SMILES string of the molecule is O=C(CC1CSCCN1)Nc1cc2[nH]c(=O)[nH]c2cc1Br. The van der Waals surface area contributed by atoms with E-state index in [1.54, 1.807) is 12.1 Å². The molecule has 2 heterocycles. The summed E-state index contributed by atoms with van der Waals surface area (Å²) in [6.45, 7) is 0.947. The Balaban J connectivity index is 1.72. The molecule has 1 aromatic heterocycles. The monoisotopic (exact) mass is 370 g/mol. The number of hydrogen-bond donors (Lipinski definition) is 4. The van der Waals surface area contributed by atoms with Crippen LogP contribution >= 0.6 is 27.7 Å². The van der Waals surface area contributed by atoms with E-state index in [9.17, 15) is 9.59 Å². The number of rotatable bonds is 3. The standard InChI is InChI=1S/C13H15BrN4O2S/c14-8-4-10-11(18-13(20)17-10)5-9(8)16-12(19)3-7-6-21-2-1-15-7/h4-5,7,15H,1-3,6H2,(H,16,19)(H2,17,18,20). The number of thioether (sulfide) groups is 1. The lowest BCUT2D eigenvalue weighted by molar-refractivity contribution is -0.116. The topological polar surface area (TPSA) is 89.8 Å². The van der Waals surface area contributed by atoms with E-state index in [0.29, 0.717) is 23.1 Å². The zero-order valence-electron chi connectivity index (χ0n) is 11.2. The Morgan fingerprint density at radius 2 is 2.14 bits per heavy atom. The van der Waals surface area contributed by atoms with Gasteiger partial charge in [-0.2, -0.15) is 11.8 Å². The summed E-state index contributed by atoms with van der Waals surface area (Å²) in [6.07, 6.45) is 0.446. The number of anilines is 1. The molecule has 1 atom stereocenters. The predicted molar refractivity (Wildman–Crippen MR) is 89.0 cm³/mol. The molecule has 1 amide bonds. The molecule has 0 spiro atoms. The maximum absolute atomic E-state index is 12.1. The zero-order valence-corrected chi connectivity index (χ0v) is 13.6. The summed E-state index contributed by atoms with van der Waals surface area (Å²) < 4.78 is 0.740. The van der Waals surface area contributed by atoms with Gasteiger partial charge < -0.3 is 20.6 Å². The van der Waals surface area contributed by atoms with Crippen molar-refractivity contribution in [3.8, 4) is 0 Å². The van der Waals surface area contributed by atoms with Crippen LogP contribution in [0.1, 0.15) is 6.42 Å². The Hall–Kier alpha value is -1.25. The quantitative estimate of drug-likeness (QED) is 0.661. The van der Waals surface area contributed by atoms with Crippen molar-refractivity contribution in [1.29, 1.82) is 0 Å². The van der Waals surface area contributed by atoms with Crippen LogP contribution in [0.25, 0.3) is 11.0 Å². The third-order valence-corrected chi connectivity index (χ3v) is 5.09. The van der Waals surface area contributed by atoms with Gasteiger partial charge in [0, 0.05) is 35.0 Å². The molecule has 1 fully saturated rings. The summed E-state index contributed by atoms with van der Waals surface area (Å²) in [5.41, 5.74) is 1.77. The number of benzene rings is 1. The molecule has 0 saturated carbocycles. The highest BCUT2D eigenvalue weighted by atomic mass is 79.9. The molecule has 0 bridgehead atoms. The van der Waals surface area contributed by atoms with Gasteiger partial charge in [-0.3, -0.25) is 4.79 Å². The smallest absolute Gasteiger partial charge is 0.323 e. The Bertz CT molecular complexity index is 721. The van der Waals surface area contributed by atoms with Crippen LogP contribution in [0.2, 0.25) is 0 Å². The van der Waals surface area contributed by atoms with Gasteiger partial charge in [0.15, 0.2) is 0 Å². The number of halogens is 1. The number of H-pyrrole nitrogens is 2. The van der Waals surface area contributed by atoms with E-state index in [1.165, 1.54) is 0 Å². The minimum absolute atomic E-state index is 0.0343. The van der Waals surface area contributed by atoms with Gasteiger partial charge in [0.25, 0.3) is 0 Å². The lowest BCUT2D eigenvalue weighted by Crippen LogP contribution is -2.39. The maximum Gasteiger partial charge on any atom is 0.323 e. The molecule has 21 heavy (non-hydrogen) atoms. The van der Waals surface area contributed by atoms with Crippen LogP contribution < -0.4 is 16.3 Å². The number of carbonyl (C=O) groups is 1. The fourth-order valence-electron chi connectivity index (χ4n) is 2.33. The predicted octanol–water partition coefficient (Wildman–Crippen LogP) is 1.65. The largest absolute Gasteiger partial charge is 0.325 e. The van der Waals surface area contributed by atoms with Gasteiger partial charge in [-0.25, -0.2) is 4.79 Å². The molecule has 0 aliphatic carbocycles. The molecule has 1 unspecified atom stereocenters. The number of hydrogen-bond acceptors (Lipinski definition) is 4. The van der Waals surface area contributed by atoms with E-state index in [-0.39, 0.29) is 17.6 Å². The van der Waals surface area contributed by atoms with E-state index in [4.69, 9.17) is 0 Å². The molecule has 1 aliphatic rings. The first-order valence-corrected chi connectivity index (χ1v) is 8.59. The van der Waals surface area contributed by atoms with Crippen molar-refractivity contribution in [2.75, 3.05) is 23.4 Å². The molecule has 2 aromatic rings. The minimum atomic E-state index is -0.260. The fourth-order valence-corrected chi connectivity index (χ4v) is 3.72. The fraction of sp³-hybridized carbons (Fsp3) is 0.385. The maximum atomic E-state index is 12.1. The third-order valence-electron chi connectivity index (χ3n) is 3.31. The average molecular weight is 371 g/mol. The average Bonchev–Trinajstić information content (AvgIpc) is 2.79. The number of carbonyl (C=O) groups excluding carboxylic acids is 1. The van der Waals surface area contributed by atoms with E-state index >= 15 is 0 Å². The third kappa shape index (κ3) is 3.50. The number of aromatic nitrogens is 2. The summed E-state index contributed by atoms with van der Waals surface area (Å²) in [5, 5.41) is 6.23. The van der Waals surface area contributed by atoms with Gasteiger partial charge in [-0.05, 0) is 28.1 Å². The molecule has 1 aliphatic heterocycles. The first-order valence-electron chi connectivity index (χ1n) is 6.64. The van der Waals surface area contributed by atoms with Crippen LogP contribution in [0.3, 0.4) is 0 Å². The van der Waals surface area contributed by atoms with Crippen molar-refractivity contribution in [3.05, 3.63) is 27.1 Å². The van der Waals surface area contributed by atoms with Gasteiger partial charge in [0.1, 0.15) is 0 Å². The molecule has 3 rings (SSSR count). The van der Waals surface area contributed by atoms with Gasteiger partial charge in [0.05, 0.1) is 16.7 Å². The van der Waals surface area contributed by atoms with Crippen LogP contribution in [0.5, 0.6) is 0 Å². The Morgan fingerprint density at radius 3 is 2.86 bits per heavy atom. The first-order chi connectivity index (χ1) is 10.1. The highest BCUT2D eigenvalue weighted by molar-refractivity contribution is 9.10. The van der Waals surface area contributed by atoms with Gasteiger partial charge in [0.2, 0.25) is 5.91 Å². The van der Waals surface area contributed by atoms with Crippen molar-refractivity contribution in [3.63, 3.8) is 0 Å². The molecule has 1 saturated heterocycles. The minimum Gasteiger partial charge on any atom is -0.325 e. The van der Waals surface area contributed by atoms with Gasteiger partial charge in [-0.15, -0.1) is 0 Å².